The highest BCUT2D eigenvalue weighted by Gasteiger charge is 2.26. The molecule has 82 valence electrons. The van der Waals surface area contributed by atoms with Crippen LogP contribution < -0.4 is 5.73 Å². The van der Waals surface area contributed by atoms with Gasteiger partial charge in [-0.05, 0) is 13.0 Å². The number of nitrogen functional groups attached to an aromatic ring is 1. The number of nitrogens with zero attached hydrogens (tertiary/aromatic N) is 1. The van der Waals surface area contributed by atoms with Crippen molar-refractivity contribution >= 4 is 11.8 Å². The highest BCUT2D eigenvalue weighted by Crippen LogP contribution is 2.20. The number of aliphatic hydroxyl groups is 2. The minimum Gasteiger partial charge on any atom is -0.479 e. The molecule has 1 heterocycles. The normalized spacial score (nSPS) is 14.6. The third kappa shape index (κ3) is 2.42. The van der Waals surface area contributed by atoms with Crippen LogP contribution in [0.15, 0.2) is 12.1 Å². The molecule has 0 radical (unpaired) electrons. The Morgan fingerprint density at radius 1 is 1.47 bits per heavy atom. The van der Waals surface area contributed by atoms with Gasteiger partial charge < -0.3 is 21.1 Å². The Balaban J connectivity index is 3.01. The van der Waals surface area contributed by atoms with Crippen LogP contribution in [0.4, 0.5) is 5.82 Å². The van der Waals surface area contributed by atoms with Crippen molar-refractivity contribution in [2.45, 2.75) is 19.1 Å². The first kappa shape index (κ1) is 11.4. The van der Waals surface area contributed by atoms with Gasteiger partial charge >= 0.3 is 5.97 Å². The van der Waals surface area contributed by atoms with Crippen LogP contribution in [0, 0.1) is 6.92 Å². The fourth-order valence-electron chi connectivity index (χ4n) is 1.21. The van der Waals surface area contributed by atoms with Gasteiger partial charge in [0.2, 0.25) is 0 Å². The average Bonchev–Trinajstić information content (AvgIpc) is 2.15. The molecule has 2 unspecified atom stereocenters. The lowest BCUT2D eigenvalue weighted by Crippen LogP contribution is -2.28. The molecule has 0 aromatic carbocycles. The SMILES string of the molecule is Cc1nc(N)ccc1C(O)C(O)C(=O)O. The number of aliphatic carboxylic acids is 1. The first-order valence-electron chi connectivity index (χ1n) is 4.25. The number of carboxylic acid groups (broad SMARTS) is 1. The number of pyridine rings is 1. The van der Waals surface area contributed by atoms with Gasteiger partial charge in [-0.2, -0.15) is 0 Å². The predicted octanol–water partition coefficient (Wildman–Crippen LogP) is -0.549. The van der Waals surface area contributed by atoms with E-state index in [-0.39, 0.29) is 11.4 Å². The quantitative estimate of drug-likeness (QED) is 0.534. The molecule has 0 aliphatic rings. The molecule has 0 saturated heterocycles. The molecule has 1 rings (SSSR count). The monoisotopic (exact) mass is 212 g/mol. The summed E-state index contributed by atoms with van der Waals surface area (Å²) >= 11 is 0. The van der Waals surface area contributed by atoms with Crippen LogP contribution in [0.1, 0.15) is 17.4 Å². The average molecular weight is 212 g/mol. The summed E-state index contributed by atoms with van der Waals surface area (Å²) in [5.41, 5.74) is 6.03. The summed E-state index contributed by atoms with van der Waals surface area (Å²) < 4.78 is 0. The maximum atomic E-state index is 10.4. The number of carboxylic acids is 1. The van der Waals surface area contributed by atoms with Crippen molar-refractivity contribution in [3.63, 3.8) is 0 Å². The molecule has 6 heteroatoms. The summed E-state index contributed by atoms with van der Waals surface area (Å²) in [6.45, 7) is 1.57. The van der Waals surface area contributed by atoms with Gasteiger partial charge in [0, 0.05) is 11.3 Å². The van der Waals surface area contributed by atoms with Crippen molar-refractivity contribution in [1.29, 1.82) is 0 Å². The van der Waals surface area contributed by atoms with Crippen molar-refractivity contribution < 1.29 is 20.1 Å². The van der Waals surface area contributed by atoms with Crippen molar-refractivity contribution in [2.24, 2.45) is 0 Å². The number of anilines is 1. The van der Waals surface area contributed by atoms with Gasteiger partial charge in [0.15, 0.2) is 6.10 Å². The molecular weight excluding hydrogens is 200 g/mol. The molecule has 0 amide bonds. The van der Waals surface area contributed by atoms with Crippen molar-refractivity contribution in [3.05, 3.63) is 23.4 Å². The number of aliphatic hydroxyl groups excluding tert-OH is 2. The number of carbonyl (C=O) groups is 1. The van der Waals surface area contributed by atoms with Crippen LogP contribution >= 0.6 is 0 Å². The maximum Gasteiger partial charge on any atom is 0.335 e. The van der Waals surface area contributed by atoms with Crippen LogP contribution in [0.3, 0.4) is 0 Å². The van der Waals surface area contributed by atoms with Gasteiger partial charge in [-0.15, -0.1) is 0 Å². The molecule has 0 aliphatic carbocycles. The Hall–Kier alpha value is -1.66. The standard InChI is InChI=1S/C9H12N2O4/c1-4-5(2-3-6(10)11-4)7(12)8(13)9(14)15/h2-3,7-8,12-13H,1H3,(H2,10,11)(H,14,15). The molecule has 1 aromatic heterocycles. The molecule has 0 aliphatic heterocycles. The first-order chi connectivity index (χ1) is 6.93. The van der Waals surface area contributed by atoms with Crippen molar-refractivity contribution in [2.75, 3.05) is 5.73 Å². The Bertz CT molecular complexity index is 380. The smallest absolute Gasteiger partial charge is 0.335 e. The lowest BCUT2D eigenvalue weighted by atomic mass is 10.0. The van der Waals surface area contributed by atoms with Gasteiger partial charge in [0.05, 0.1) is 0 Å². The topological polar surface area (TPSA) is 117 Å². The number of hydrogen-bond donors (Lipinski definition) is 4. The Morgan fingerprint density at radius 3 is 2.53 bits per heavy atom. The summed E-state index contributed by atoms with van der Waals surface area (Å²) in [6.07, 6.45) is -3.37. The lowest BCUT2D eigenvalue weighted by molar-refractivity contribution is -0.153. The first-order valence-corrected chi connectivity index (χ1v) is 4.25. The minimum absolute atomic E-state index is 0.249. The molecular formula is C9H12N2O4. The van der Waals surface area contributed by atoms with Crippen molar-refractivity contribution in [3.8, 4) is 0 Å². The molecule has 0 bridgehead atoms. The van der Waals surface area contributed by atoms with E-state index in [2.05, 4.69) is 4.98 Å². The van der Waals surface area contributed by atoms with Gasteiger partial charge in [0.1, 0.15) is 11.9 Å². The molecule has 0 fully saturated rings. The van der Waals surface area contributed by atoms with Crippen LogP contribution in [0.2, 0.25) is 0 Å². The largest absolute Gasteiger partial charge is 0.479 e. The second-order valence-electron chi connectivity index (χ2n) is 3.14. The number of aromatic nitrogens is 1. The van der Waals surface area contributed by atoms with Crippen LogP contribution in [-0.2, 0) is 4.79 Å². The van der Waals surface area contributed by atoms with Gasteiger partial charge in [-0.25, -0.2) is 9.78 Å². The molecule has 5 N–H and O–H groups in total. The molecule has 0 spiro atoms. The Kier molecular flexibility index (Phi) is 3.23. The van der Waals surface area contributed by atoms with E-state index in [0.717, 1.165) is 0 Å². The summed E-state index contributed by atoms with van der Waals surface area (Å²) in [5, 5.41) is 27.2. The summed E-state index contributed by atoms with van der Waals surface area (Å²) in [7, 11) is 0. The van der Waals surface area contributed by atoms with Gasteiger partial charge in [0.25, 0.3) is 0 Å². The van der Waals surface area contributed by atoms with Crippen LogP contribution in [0.5, 0.6) is 0 Å². The van der Waals surface area contributed by atoms with E-state index in [1.54, 1.807) is 6.92 Å². The molecule has 2 atom stereocenters. The summed E-state index contributed by atoms with van der Waals surface area (Å²) in [5.74, 6) is -1.22. The number of aryl methyl sites for hydroxylation is 1. The molecule has 1 aromatic rings. The van der Waals surface area contributed by atoms with E-state index in [1.807, 2.05) is 0 Å². The zero-order chi connectivity index (χ0) is 11.6. The second kappa shape index (κ2) is 4.24. The highest BCUT2D eigenvalue weighted by atomic mass is 16.4. The van der Waals surface area contributed by atoms with Crippen LogP contribution in [-0.4, -0.2) is 32.4 Å². The zero-order valence-electron chi connectivity index (χ0n) is 8.08. The summed E-state index contributed by atoms with van der Waals surface area (Å²) in [4.78, 5) is 14.3. The van der Waals surface area contributed by atoms with Gasteiger partial charge in [-0.3, -0.25) is 0 Å². The predicted molar refractivity (Wildman–Crippen MR) is 52.0 cm³/mol. The third-order valence-corrected chi connectivity index (χ3v) is 2.02. The number of nitrogens with two attached hydrogens (primary N) is 1. The molecule has 15 heavy (non-hydrogen) atoms. The van der Waals surface area contributed by atoms with E-state index in [4.69, 9.17) is 15.9 Å². The Morgan fingerprint density at radius 2 is 2.07 bits per heavy atom. The van der Waals surface area contributed by atoms with Crippen LogP contribution in [0.25, 0.3) is 0 Å². The van der Waals surface area contributed by atoms with E-state index in [1.165, 1.54) is 12.1 Å². The van der Waals surface area contributed by atoms with E-state index >= 15 is 0 Å². The Labute approximate surface area is 86.0 Å². The molecule has 6 nitrogen and oxygen atoms in total. The van der Waals surface area contributed by atoms with E-state index in [0.29, 0.717) is 5.69 Å². The van der Waals surface area contributed by atoms with Gasteiger partial charge in [-0.1, -0.05) is 6.07 Å². The maximum absolute atomic E-state index is 10.4. The number of hydrogen-bond acceptors (Lipinski definition) is 5. The lowest BCUT2D eigenvalue weighted by Gasteiger charge is -2.15. The minimum atomic E-state index is -1.87. The van der Waals surface area contributed by atoms with E-state index in [9.17, 15) is 9.90 Å². The molecule has 0 saturated carbocycles. The summed E-state index contributed by atoms with van der Waals surface area (Å²) in [6, 6.07) is 2.87. The fourth-order valence-corrected chi connectivity index (χ4v) is 1.21. The fraction of sp³-hybridized carbons (Fsp3) is 0.333. The zero-order valence-corrected chi connectivity index (χ0v) is 8.08. The second-order valence-corrected chi connectivity index (χ2v) is 3.14. The van der Waals surface area contributed by atoms with Crippen molar-refractivity contribution in [1.82, 2.24) is 4.98 Å². The highest BCUT2D eigenvalue weighted by molar-refractivity contribution is 5.73. The third-order valence-electron chi connectivity index (χ3n) is 2.02. The van der Waals surface area contributed by atoms with E-state index < -0.39 is 18.2 Å². The number of rotatable bonds is 3.